The molecule has 3 N–H and O–H groups in total. The molecule has 1 aliphatic rings. The molecule has 5 aromatic rings. The van der Waals surface area contributed by atoms with Crippen LogP contribution in [0.15, 0.2) is 91.3 Å². The third-order valence-corrected chi connectivity index (χ3v) is 8.28. The molecule has 0 spiro atoms. The Hall–Kier alpha value is -5.19. The van der Waals surface area contributed by atoms with Gasteiger partial charge in [0.25, 0.3) is 11.8 Å². The van der Waals surface area contributed by atoms with Gasteiger partial charge in [0.1, 0.15) is 16.7 Å². The van der Waals surface area contributed by atoms with Gasteiger partial charge in [-0.3, -0.25) is 9.59 Å². The van der Waals surface area contributed by atoms with Crippen molar-refractivity contribution >= 4 is 57.4 Å². The molecule has 238 valence electrons. The fourth-order valence-electron chi connectivity index (χ4n) is 5.37. The van der Waals surface area contributed by atoms with Crippen molar-refractivity contribution in [3.63, 3.8) is 0 Å². The van der Waals surface area contributed by atoms with Gasteiger partial charge in [-0.1, -0.05) is 47.5 Å². The number of rotatable bonds is 9. The van der Waals surface area contributed by atoms with E-state index in [4.69, 9.17) is 32.7 Å². The van der Waals surface area contributed by atoms with Crippen molar-refractivity contribution in [2.45, 2.75) is 37.8 Å². The van der Waals surface area contributed by atoms with Crippen molar-refractivity contribution in [3.05, 3.63) is 118 Å². The number of fused-ring (bicyclic) bond motifs is 1. The number of benzene rings is 3. The number of hydrogen-bond donors (Lipinski definition) is 3. The molecule has 0 bridgehead atoms. The number of hydrogen-bond acceptors (Lipinski definition) is 7. The first-order chi connectivity index (χ1) is 22.7. The molecule has 47 heavy (non-hydrogen) atoms. The van der Waals surface area contributed by atoms with Gasteiger partial charge in [-0.05, 0) is 85.0 Å². The minimum Gasteiger partial charge on any atom is -0.490 e. The first-order valence-electron chi connectivity index (χ1n) is 14.8. The molecule has 1 fully saturated rings. The Morgan fingerprint density at radius 2 is 1.49 bits per heavy atom. The molecule has 1 aliphatic carbocycles. The molecular formula is C35H28Cl2N4O6. The van der Waals surface area contributed by atoms with Gasteiger partial charge in [0.15, 0.2) is 0 Å². The maximum absolute atomic E-state index is 12.7. The average Bonchev–Trinajstić information content (AvgIpc) is 3.07. The van der Waals surface area contributed by atoms with Crippen molar-refractivity contribution in [2.75, 3.05) is 5.32 Å². The Morgan fingerprint density at radius 1 is 0.766 bits per heavy atom. The fourth-order valence-corrected chi connectivity index (χ4v) is 5.72. The molecule has 12 heteroatoms. The average molecular weight is 672 g/mol. The van der Waals surface area contributed by atoms with E-state index in [2.05, 4.69) is 20.6 Å². The van der Waals surface area contributed by atoms with E-state index in [1.54, 1.807) is 24.3 Å². The minimum atomic E-state index is -1.14. The van der Waals surface area contributed by atoms with E-state index in [-0.39, 0.29) is 45.6 Å². The van der Waals surface area contributed by atoms with Gasteiger partial charge in [0, 0.05) is 24.5 Å². The summed E-state index contributed by atoms with van der Waals surface area (Å²) in [4.78, 5) is 44.9. The van der Waals surface area contributed by atoms with Gasteiger partial charge in [0.05, 0.1) is 33.5 Å². The van der Waals surface area contributed by atoms with E-state index in [9.17, 15) is 19.5 Å². The number of carboxylic acid groups (broad SMARTS) is 1. The van der Waals surface area contributed by atoms with Gasteiger partial charge in [-0.15, -0.1) is 0 Å². The lowest BCUT2D eigenvalue weighted by molar-refractivity contribution is 0.0697. The van der Waals surface area contributed by atoms with E-state index >= 15 is 0 Å². The maximum Gasteiger partial charge on any atom is 0.337 e. The molecule has 0 aliphatic heterocycles. The van der Waals surface area contributed by atoms with Crippen LogP contribution in [-0.2, 0) is 0 Å². The number of carbonyl (C=O) groups excluding carboxylic acids is 2. The van der Waals surface area contributed by atoms with Crippen LogP contribution in [0, 0.1) is 0 Å². The highest BCUT2D eigenvalue weighted by atomic mass is 35.5. The zero-order valence-electron chi connectivity index (χ0n) is 24.8. The molecule has 2 aromatic heterocycles. The molecule has 10 nitrogen and oxygen atoms in total. The van der Waals surface area contributed by atoms with E-state index in [1.165, 1.54) is 30.6 Å². The van der Waals surface area contributed by atoms with Gasteiger partial charge in [0.2, 0.25) is 5.88 Å². The summed E-state index contributed by atoms with van der Waals surface area (Å²) in [5.74, 6) is -0.282. The van der Waals surface area contributed by atoms with Gasteiger partial charge in [-0.25, -0.2) is 14.8 Å². The molecular weight excluding hydrogens is 643 g/mol. The Kier molecular flexibility index (Phi) is 9.51. The molecule has 0 unspecified atom stereocenters. The van der Waals surface area contributed by atoms with Crippen LogP contribution < -0.4 is 20.1 Å². The molecule has 3 aromatic carbocycles. The lowest BCUT2D eigenvalue weighted by atomic mass is 9.92. The zero-order valence-corrected chi connectivity index (χ0v) is 26.3. The van der Waals surface area contributed by atoms with Crippen molar-refractivity contribution in [2.24, 2.45) is 0 Å². The predicted molar refractivity (Wildman–Crippen MR) is 178 cm³/mol. The molecule has 2 heterocycles. The topological polar surface area (TPSA) is 140 Å². The number of aromatic carboxylic acids is 1. The lowest BCUT2D eigenvalue weighted by Gasteiger charge is -2.29. The Morgan fingerprint density at radius 3 is 2.21 bits per heavy atom. The number of aromatic nitrogens is 2. The minimum absolute atomic E-state index is 0.00586. The van der Waals surface area contributed by atoms with Crippen LogP contribution in [0.5, 0.6) is 17.4 Å². The number of ether oxygens (including phenoxy) is 2. The number of amides is 2. The molecule has 0 saturated heterocycles. The summed E-state index contributed by atoms with van der Waals surface area (Å²) < 4.78 is 12.2. The van der Waals surface area contributed by atoms with Gasteiger partial charge >= 0.3 is 5.97 Å². The second-order valence-corrected chi connectivity index (χ2v) is 11.8. The Labute approximate surface area is 279 Å². The molecule has 2 amide bonds. The van der Waals surface area contributed by atoms with Crippen LogP contribution in [0.4, 0.5) is 5.69 Å². The Bertz CT molecular complexity index is 1960. The maximum atomic E-state index is 12.7. The third kappa shape index (κ3) is 7.79. The number of carbonyl (C=O) groups is 3. The van der Waals surface area contributed by atoms with Crippen molar-refractivity contribution in [3.8, 4) is 17.4 Å². The normalized spacial score (nSPS) is 15.9. The predicted octanol–water partition coefficient (Wildman–Crippen LogP) is 7.80. The number of halogens is 2. The van der Waals surface area contributed by atoms with E-state index in [0.29, 0.717) is 16.7 Å². The molecule has 6 rings (SSSR count). The summed E-state index contributed by atoms with van der Waals surface area (Å²) in [6.45, 7) is 0. The second kappa shape index (κ2) is 14.1. The first-order valence-corrected chi connectivity index (χ1v) is 15.6. The second-order valence-electron chi connectivity index (χ2n) is 11.0. The van der Waals surface area contributed by atoms with E-state index in [1.807, 2.05) is 36.4 Å². The molecule has 0 atom stereocenters. The zero-order chi connectivity index (χ0) is 32.9. The van der Waals surface area contributed by atoms with Crippen molar-refractivity contribution in [1.82, 2.24) is 15.3 Å². The monoisotopic (exact) mass is 670 g/mol. The highest BCUT2D eigenvalue weighted by molar-refractivity contribution is 6.34. The first kappa shape index (κ1) is 31.8. The van der Waals surface area contributed by atoms with Crippen LogP contribution in [0.3, 0.4) is 0 Å². The summed E-state index contributed by atoms with van der Waals surface area (Å²) in [7, 11) is 0. The lowest BCUT2D eigenvalue weighted by Crippen LogP contribution is -2.39. The summed E-state index contributed by atoms with van der Waals surface area (Å²) in [6, 6.07) is 22.3. The van der Waals surface area contributed by atoms with Crippen LogP contribution in [0.25, 0.3) is 10.8 Å². The summed E-state index contributed by atoms with van der Waals surface area (Å²) in [5.41, 5.74) is 0.706. The standard InChI is InChI=1S/C35H28Cl2N4O6/c36-23-17-29(32(37)39-19-23)34(43)40-24-8-12-25(13-9-24)46-26-10-5-21-16-27(11-6-20(21)15-26)47-31-14-7-22(18-38-31)33(42)41-30-4-2-1-3-28(30)35(44)45/h1-7,10-11,14-19,24-25H,8-9,12-13H2,(H,40,43)(H,41,42)(H,44,45). The van der Waals surface area contributed by atoms with E-state index < -0.39 is 11.9 Å². The van der Waals surface area contributed by atoms with Crippen LogP contribution in [0.1, 0.15) is 56.8 Å². The van der Waals surface area contributed by atoms with Gasteiger partial charge < -0.3 is 25.2 Å². The molecule has 1 saturated carbocycles. The largest absolute Gasteiger partial charge is 0.490 e. The smallest absolute Gasteiger partial charge is 0.337 e. The highest BCUT2D eigenvalue weighted by Crippen LogP contribution is 2.30. The SMILES string of the molecule is O=C(Nc1ccccc1C(=O)O)c1ccc(Oc2ccc3cc(OC4CCC(NC(=O)c5cc(Cl)cnc5Cl)CC4)ccc3c2)nc1. The van der Waals surface area contributed by atoms with Crippen molar-refractivity contribution < 1.29 is 29.0 Å². The third-order valence-electron chi connectivity index (χ3n) is 7.77. The van der Waals surface area contributed by atoms with Crippen molar-refractivity contribution in [1.29, 1.82) is 0 Å². The number of pyridine rings is 2. The number of nitrogens with one attached hydrogen (secondary N) is 2. The summed E-state index contributed by atoms with van der Waals surface area (Å²) in [5, 5.41) is 17.4. The number of anilines is 1. The quantitative estimate of drug-likeness (QED) is 0.135. The summed E-state index contributed by atoms with van der Waals surface area (Å²) in [6.07, 6.45) is 5.93. The van der Waals surface area contributed by atoms with E-state index in [0.717, 1.165) is 42.2 Å². The van der Waals surface area contributed by atoms with Gasteiger partial charge in [-0.2, -0.15) is 0 Å². The summed E-state index contributed by atoms with van der Waals surface area (Å²) >= 11 is 12.0. The van der Waals surface area contributed by atoms with Crippen LogP contribution >= 0.6 is 23.2 Å². The van der Waals surface area contributed by atoms with Crippen LogP contribution in [0.2, 0.25) is 10.2 Å². The number of nitrogens with zero attached hydrogens (tertiary/aromatic N) is 2. The highest BCUT2D eigenvalue weighted by Gasteiger charge is 2.25. The number of para-hydroxylation sites is 1. The fraction of sp³-hybridized carbons (Fsp3) is 0.171. The number of carboxylic acids is 1. The van der Waals surface area contributed by atoms with Crippen LogP contribution in [-0.4, -0.2) is 45.0 Å². The Balaban J connectivity index is 1.02. The molecule has 0 radical (unpaired) electrons.